The number of urea groups is 1. The summed E-state index contributed by atoms with van der Waals surface area (Å²) in [6, 6.07) is 11.1. The first-order valence-electron chi connectivity index (χ1n) is 10.4. The van der Waals surface area contributed by atoms with Crippen molar-refractivity contribution in [3.63, 3.8) is 0 Å². The standard InChI is InChI=1S/C22H26ClN5O3/c23-17-2-1-3-19(10-17)28(13-18-5-4-16(12-25-18)21(29)11-24)22(30)27-8-6-26(7-9-27)20-14-31-15-20/h1-5,10,12,20H,6-9,11,13-15,24H2. The second kappa shape index (κ2) is 9.74. The van der Waals surface area contributed by atoms with E-state index in [0.717, 1.165) is 26.3 Å². The van der Waals surface area contributed by atoms with Crippen LogP contribution in [-0.2, 0) is 11.3 Å². The molecule has 8 nitrogen and oxygen atoms in total. The third-order valence-corrected chi connectivity index (χ3v) is 5.96. The largest absolute Gasteiger partial charge is 0.378 e. The molecule has 0 aliphatic carbocycles. The van der Waals surface area contributed by atoms with Crippen molar-refractivity contribution in [1.82, 2.24) is 14.8 Å². The van der Waals surface area contributed by atoms with E-state index >= 15 is 0 Å². The quantitative estimate of drug-likeness (QED) is 0.687. The van der Waals surface area contributed by atoms with Crippen molar-refractivity contribution in [1.29, 1.82) is 0 Å². The molecular weight excluding hydrogens is 418 g/mol. The SMILES string of the molecule is NCC(=O)c1ccc(CN(C(=O)N2CCN(C3COC3)CC2)c2cccc(Cl)c2)nc1. The van der Waals surface area contributed by atoms with Crippen LogP contribution in [-0.4, -0.2) is 78.6 Å². The summed E-state index contributed by atoms with van der Waals surface area (Å²) in [5, 5.41) is 0.557. The van der Waals surface area contributed by atoms with Crippen LogP contribution in [0.4, 0.5) is 10.5 Å². The summed E-state index contributed by atoms with van der Waals surface area (Å²) in [7, 11) is 0. The molecule has 2 aliphatic rings. The molecule has 9 heteroatoms. The Morgan fingerprint density at radius 1 is 1.16 bits per heavy atom. The molecule has 2 aromatic rings. The molecule has 2 N–H and O–H groups in total. The number of anilines is 1. The second-order valence-electron chi connectivity index (χ2n) is 7.73. The Morgan fingerprint density at radius 2 is 1.94 bits per heavy atom. The zero-order valence-electron chi connectivity index (χ0n) is 17.2. The van der Waals surface area contributed by atoms with Crippen LogP contribution in [0.15, 0.2) is 42.6 Å². The first-order valence-corrected chi connectivity index (χ1v) is 10.7. The number of carbonyl (C=O) groups is 2. The molecule has 164 valence electrons. The molecule has 0 spiro atoms. The van der Waals surface area contributed by atoms with E-state index in [1.54, 1.807) is 29.2 Å². The topological polar surface area (TPSA) is 92.0 Å². The number of aromatic nitrogens is 1. The van der Waals surface area contributed by atoms with Crippen molar-refractivity contribution in [3.8, 4) is 0 Å². The summed E-state index contributed by atoms with van der Waals surface area (Å²) in [5.41, 5.74) is 7.26. The van der Waals surface area contributed by atoms with Crippen LogP contribution < -0.4 is 10.6 Å². The fourth-order valence-corrected chi connectivity index (χ4v) is 3.94. The minimum Gasteiger partial charge on any atom is -0.378 e. The molecule has 0 atom stereocenters. The van der Waals surface area contributed by atoms with Gasteiger partial charge in [-0.2, -0.15) is 0 Å². The van der Waals surface area contributed by atoms with Gasteiger partial charge in [0.1, 0.15) is 0 Å². The number of carbonyl (C=O) groups excluding carboxylic acids is 2. The molecule has 2 fully saturated rings. The first-order chi connectivity index (χ1) is 15.0. The van der Waals surface area contributed by atoms with Gasteiger partial charge in [-0.3, -0.25) is 19.6 Å². The maximum absolute atomic E-state index is 13.5. The molecule has 0 saturated carbocycles. The lowest BCUT2D eigenvalue weighted by Gasteiger charge is -2.43. The Kier molecular flexibility index (Phi) is 6.82. The summed E-state index contributed by atoms with van der Waals surface area (Å²) in [6.45, 7) is 4.73. The van der Waals surface area contributed by atoms with Gasteiger partial charge < -0.3 is 15.4 Å². The lowest BCUT2D eigenvalue weighted by atomic mass is 10.1. The normalized spacial score (nSPS) is 17.3. The maximum Gasteiger partial charge on any atom is 0.324 e. The van der Waals surface area contributed by atoms with Crippen molar-refractivity contribution >= 4 is 29.1 Å². The van der Waals surface area contributed by atoms with Gasteiger partial charge in [-0.15, -0.1) is 0 Å². The van der Waals surface area contributed by atoms with Gasteiger partial charge in [-0.1, -0.05) is 17.7 Å². The number of pyridine rings is 1. The van der Waals surface area contributed by atoms with Gasteiger partial charge in [0.15, 0.2) is 5.78 Å². The summed E-state index contributed by atoms with van der Waals surface area (Å²) in [6.07, 6.45) is 1.50. The van der Waals surface area contributed by atoms with Crippen molar-refractivity contribution in [2.24, 2.45) is 5.73 Å². The Hall–Kier alpha value is -2.52. The van der Waals surface area contributed by atoms with E-state index in [1.165, 1.54) is 6.20 Å². The van der Waals surface area contributed by atoms with E-state index in [1.807, 2.05) is 17.0 Å². The van der Waals surface area contributed by atoms with Crippen LogP contribution in [0.1, 0.15) is 16.1 Å². The fraction of sp³-hybridized carbons (Fsp3) is 0.409. The predicted molar refractivity (Wildman–Crippen MR) is 118 cm³/mol. The Balaban J connectivity index is 1.50. The van der Waals surface area contributed by atoms with Gasteiger partial charge in [0.25, 0.3) is 0 Å². The van der Waals surface area contributed by atoms with Crippen molar-refractivity contribution in [3.05, 3.63) is 58.9 Å². The summed E-state index contributed by atoms with van der Waals surface area (Å²) < 4.78 is 5.29. The number of nitrogens with zero attached hydrogens (tertiary/aromatic N) is 4. The van der Waals surface area contributed by atoms with Gasteiger partial charge >= 0.3 is 6.03 Å². The van der Waals surface area contributed by atoms with E-state index in [4.69, 9.17) is 22.1 Å². The van der Waals surface area contributed by atoms with Gasteiger partial charge in [0, 0.05) is 48.6 Å². The molecule has 1 aromatic carbocycles. The Morgan fingerprint density at radius 3 is 2.52 bits per heavy atom. The minimum atomic E-state index is -0.170. The molecular formula is C22H26ClN5O3. The first kappa shape index (κ1) is 21.7. The molecule has 4 rings (SSSR count). The molecule has 0 radical (unpaired) electrons. The van der Waals surface area contributed by atoms with Crippen LogP contribution in [0.3, 0.4) is 0 Å². The number of hydrogen-bond donors (Lipinski definition) is 1. The van der Waals surface area contributed by atoms with Crippen molar-refractivity contribution in [2.45, 2.75) is 12.6 Å². The molecule has 2 saturated heterocycles. The van der Waals surface area contributed by atoms with Crippen LogP contribution in [0.25, 0.3) is 0 Å². The Labute approximate surface area is 186 Å². The highest BCUT2D eigenvalue weighted by Gasteiger charge is 2.32. The minimum absolute atomic E-state index is 0.0624. The maximum atomic E-state index is 13.5. The van der Waals surface area contributed by atoms with Crippen LogP contribution in [0.2, 0.25) is 5.02 Å². The van der Waals surface area contributed by atoms with Crippen LogP contribution in [0.5, 0.6) is 0 Å². The van der Waals surface area contributed by atoms with Crippen LogP contribution >= 0.6 is 11.6 Å². The smallest absolute Gasteiger partial charge is 0.324 e. The van der Waals surface area contributed by atoms with Crippen molar-refractivity contribution in [2.75, 3.05) is 50.8 Å². The number of benzene rings is 1. The highest BCUT2D eigenvalue weighted by molar-refractivity contribution is 6.30. The van der Waals surface area contributed by atoms with Gasteiger partial charge in [0.05, 0.1) is 38.0 Å². The zero-order chi connectivity index (χ0) is 21.8. The molecule has 0 bridgehead atoms. The van der Waals surface area contributed by atoms with Gasteiger partial charge in [0.2, 0.25) is 0 Å². The number of amides is 2. The van der Waals surface area contributed by atoms with Gasteiger partial charge in [-0.05, 0) is 30.3 Å². The number of rotatable bonds is 6. The number of halogens is 1. The van der Waals surface area contributed by atoms with Crippen molar-refractivity contribution < 1.29 is 14.3 Å². The van der Waals surface area contributed by atoms with E-state index in [0.29, 0.717) is 41.1 Å². The number of piperazine rings is 1. The third kappa shape index (κ3) is 5.04. The molecule has 1 aromatic heterocycles. The average molecular weight is 444 g/mol. The highest BCUT2D eigenvalue weighted by atomic mass is 35.5. The second-order valence-corrected chi connectivity index (χ2v) is 8.16. The summed E-state index contributed by atoms with van der Waals surface area (Å²) in [5.74, 6) is -0.170. The monoisotopic (exact) mass is 443 g/mol. The summed E-state index contributed by atoms with van der Waals surface area (Å²) >= 11 is 6.20. The molecule has 0 unspecified atom stereocenters. The number of ketones is 1. The lowest BCUT2D eigenvalue weighted by Crippen LogP contribution is -2.59. The zero-order valence-corrected chi connectivity index (χ0v) is 18.0. The molecule has 31 heavy (non-hydrogen) atoms. The van der Waals surface area contributed by atoms with E-state index < -0.39 is 0 Å². The lowest BCUT2D eigenvalue weighted by molar-refractivity contribution is -0.0738. The van der Waals surface area contributed by atoms with E-state index in [2.05, 4.69) is 9.88 Å². The van der Waals surface area contributed by atoms with Crippen LogP contribution in [0, 0.1) is 0 Å². The predicted octanol–water partition coefficient (Wildman–Crippen LogP) is 2.02. The summed E-state index contributed by atoms with van der Waals surface area (Å²) in [4.78, 5) is 35.5. The fourth-order valence-electron chi connectivity index (χ4n) is 3.76. The third-order valence-electron chi connectivity index (χ3n) is 5.72. The van der Waals surface area contributed by atoms with Gasteiger partial charge in [-0.25, -0.2) is 4.79 Å². The average Bonchev–Trinajstić information content (AvgIpc) is 2.76. The highest BCUT2D eigenvalue weighted by Crippen LogP contribution is 2.24. The molecule has 2 amide bonds. The number of Topliss-reactive ketones (excluding diaryl/α,β-unsaturated/α-hetero) is 1. The van der Waals surface area contributed by atoms with E-state index in [-0.39, 0.29) is 24.9 Å². The molecule has 3 heterocycles. The molecule has 2 aliphatic heterocycles. The number of nitrogens with two attached hydrogens (primary N) is 1. The Bertz CT molecular complexity index is 927. The van der Waals surface area contributed by atoms with E-state index in [9.17, 15) is 9.59 Å². The number of hydrogen-bond acceptors (Lipinski definition) is 6. The number of ether oxygens (including phenoxy) is 1.